The van der Waals surface area contributed by atoms with Crippen LogP contribution in [0.3, 0.4) is 0 Å². The first-order valence-electron chi connectivity index (χ1n) is 3.26. The van der Waals surface area contributed by atoms with E-state index >= 15 is 0 Å². The van der Waals surface area contributed by atoms with Gasteiger partial charge in [-0.15, -0.1) is 0 Å². The van der Waals surface area contributed by atoms with Gasteiger partial charge < -0.3 is 5.73 Å². The Hall–Kier alpha value is -1.02. The average Bonchev–Trinajstić information content (AvgIpc) is 1.94. The third-order valence-electron chi connectivity index (χ3n) is 1.43. The number of hydrogen-bond acceptors (Lipinski definition) is 1. The Morgan fingerprint density at radius 1 is 1.30 bits per heavy atom. The van der Waals surface area contributed by atoms with Crippen LogP contribution in [0.25, 0.3) is 0 Å². The first-order valence-corrected chi connectivity index (χ1v) is 3.26. The number of benzene rings is 1. The molecule has 0 unspecified atom stereocenters. The summed E-state index contributed by atoms with van der Waals surface area (Å²) in [5.74, 6) is 0. The molecule has 2 nitrogen and oxygen atoms in total. The van der Waals surface area contributed by atoms with Crippen LogP contribution in [0.15, 0.2) is 24.3 Å². The van der Waals surface area contributed by atoms with E-state index in [1.807, 2.05) is 24.3 Å². The molecule has 2 N–H and O–H groups in total. The minimum Gasteiger partial charge on any atom is -0.399 e. The van der Waals surface area contributed by atoms with Crippen LogP contribution in [0.1, 0.15) is 5.56 Å². The van der Waals surface area contributed by atoms with Crippen LogP contribution < -0.4 is 5.73 Å². The number of para-hydroxylation sites is 1. The number of rotatable bonds is 2. The fraction of sp³-hybridized carbons (Fsp3) is 0.250. The van der Waals surface area contributed by atoms with Crippen molar-refractivity contribution in [1.82, 2.24) is 0 Å². The molecule has 0 bridgehead atoms. The van der Waals surface area contributed by atoms with Gasteiger partial charge in [0.1, 0.15) is 0 Å². The molecule has 1 aromatic carbocycles. The highest BCUT2D eigenvalue weighted by Gasteiger charge is 1.94. The van der Waals surface area contributed by atoms with Gasteiger partial charge >= 0.3 is 0 Å². The van der Waals surface area contributed by atoms with Crippen LogP contribution in [-0.4, -0.2) is 6.61 Å². The molecule has 0 fully saturated rings. The summed E-state index contributed by atoms with van der Waals surface area (Å²) >= 11 is 0. The Labute approximate surface area is 60.3 Å². The second-order valence-electron chi connectivity index (χ2n) is 2.15. The summed E-state index contributed by atoms with van der Waals surface area (Å²) in [6.45, 7) is -0.0891. The van der Waals surface area contributed by atoms with Gasteiger partial charge in [0.05, 0.1) is 6.61 Å². The number of nitrogen functional groups attached to an aromatic ring is 1. The molecule has 0 aliphatic rings. The highest BCUT2D eigenvalue weighted by Crippen LogP contribution is 2.09. The lowest BCUT2D eigenvalue weighted by Crippen LogP contribution is -1.95. The summed E-state index contributed by atoms with van der Waals surface area (Å²) in [5, 5.41) is 10.2. The third-order valence-corrected chi connectivity index (χ3v) is 1.43. The lowest BCUT2D eigenvalue weighted by atomic mass is 10.1. The van der Waals surface area contributed by atoms with Gasteiger partial charge in [-0.05, 0) is 11.6 Å². The van der Waals surface area contributed by atoms with E-state index in [4.69, 9.17) is 5.73 Å². The molecule has 0 saturated carbocycles. The topological polar surface area (TPSA) is 45.9 Å². The molecule has 0 spiro atoms. The Morgan fingerprint density at radius 3 is 2.60 bits per heavy atom. The molecule has 0 aliphatic heterocycles. The Balaban J connectivity index is 2.81. The fourth-order valence-corrected chi connectivity index (χ4v) is 0.872. The smallest absolute Gasteiger partial charge is 0.0863 e. The van der Waals surface area contributed by atoms with E-state index in [9.17, 15) is 5.11 Å². The molecule has 53 valence electrons. The molecule has 0 aliphatic carbocycles. The van der Waals surface area contributed by atoms with Crippen LogP contribution in [0.4, 0.5) is 5.69 Å². The predicted molar refractivity (Wildman–Crippen MR) is 40.1 cm³/mol. The summed E-state index contributed by atoms with van der Waals surface area (Å²) in [7, 11) is 0. The molecule has 2 heteroatoms. The minimum absolute atomic E-state index is 0.0891. The third kappa shape index (κ3) is 1.48. The molecule has 0 amide bonds. The van der Waals surface area contributed by atoms with Gasteiger partial charge in [0, 0.05) is 12.1 Å². The van der Waals surface area contributed by atoms with Crippen LogP contribution in [0.2, 0.25) is 0 Å². The van der Waals surface area contributed by atoms with Crippen molar-refractivity contribution in [2.24, 2.45) is 0 Å². The Kier molecular flexibility index (Phi) is 2.29. The number of anilines is 1. The zero-order valence-corrected chi connectivity index (χ0v) is 5.71. The van der Waals surface area contributed by atoms with Crippen molar-refractivity contribution in [3.05, 3.63) is 29.8 Å². The van der Waals surface area contributed by atoms with Crippen molar-refractivity contribution in [2.75, 3.05) is 12.3 Å². The standard InChI is InChI=1S/C8H10NO/c9-8-4-2-1-3-7(8)5-6-10/h1-4H,5-6,9H2. The molecule has 1 rings (SSSR count). The van der Waals surface area contributed by atoms with Crippen molar-refractivity contribution in [3.8, 4) is 0 Å². The fourth-order valence-electron chi connectivity index (χ4n) is 0.872. The van der Waals surface area contributed by atoms with E-state index in [1.165, 1.54) is 0 Å². The normalized spacial score (nSPS) is 9.70. The van der Waals surface area contributed by atoms with E-state index in [0.29, 0.717) is 6.42 Å². The summed E-state index contributed by atoms with van der Waals surface area (Å²) in [6.07, 6.45) is 0.534. The Bertz CT molecular complexity index is 210. The zero-order chi connectivity index (χ0) is 7.40. The van der Waals surface area contributed by atoms with Gasteiger partial charge in [0.2, 0.25) is 0 Å². The van der Waals surface area contributed by atoms with Crippen molar-refractivity contribution >= 4 is 5.69 Å². The van der Waals surface area contributed by atoms with E-state index in [-0.39, 0.29) is 6.61 Å². The summed E-state index contributed by atoms with van der Waals surface area (Å²) in [5.41, 5.74) is 7.24. The predicted octanol–water partition coefficient (Wildman–Crippen LogP) is 1.24. The highest BCUT2D eigenvalue weighted by atomic mass is 16.2. The first kappa shape index (κ1) is 7.09. The Morgan fingerprint density at radius 2 is 2.00 bits per heavy atom. The maximum Gasteiger partial charge on any atom is 0.0863 e. The van der Waals surface area contributed by atoms with E-state index < -0.39 is 0 Å². The SMILES string of the molecule is Nc1ccccc1CC[O]. The average molecular weight is 136 g/mol. The van der Waals surface area contributed by atoms with Crippen LogP contribution >= 0.6 is 0 Å². The van der Waals surface area contributed by atoms with Gasteiger partial charge in [-0.3, -0.25) is 0 Å². The summed E-state index contributed by atoms with van der Waals surface area (Å²) in [6, 6.07) is 7.45. The molecular formula is C8H10NO. The first-order chi connectivity index (χ1) is 4.84. The number of nitrogens with two attached hydrogens (primary N) is 1. The maximum atomic E-state index is 10.2. The van der Waals surface area contributed by atoms with E-state index in [2.05, 4.69) is 0 Å². The molecule has 0 saturated heterocycles. The highest BCUT2D eigenvalue weighted by molar-refractivity contribution is 5.46. The lowest BCUT2D eigenvalue weighted by molar-refractivity contribution is 0.197. The monoisotopic (exact) mass is 136 g/mol. The summed E-state index contributed by atoms with van der Waals surface area (Å²) in [4.78, 5) is 0. The quantitative estimate of drug-likeness (QED) is 0.611. The van der Waals surface area contributed by atoms with E-state index in [1.54, 1.807) is 0 Å². The van der Waals surface area contributed by atoms with Gasteiger partial charge in [0.15, 0.2) is 0 Å². The van der Waals surface area contributed by atoms with Crippen molar-refractivity contribution in [1.29, 1.82) is 0 Å². The van der Waals surface area contributed by atoms with Crippen LogP contribution in [0.5, 0.6) is 0 Å². The lowest BCUT2D eigenvalue weighted by Gasteiger charge is -1.99. The minimum atomic E-state index is -0.0891. The van der Waals surface area contributed by atoms with Gasteiger partial charge in [0.25, 0.3) is 0 Å². The summed E-state index contributed by atoms with van der Waals surface area (Å²) < 4.78 is 0. The number of hydrogen-bond donors (Lipinski definition) is 1. The largest absolute Gasteiger partial charge is 0.399 e. The zero-order valence-electron chi connectivity index (χ0n) is 5.71. The molecular weight excluding hydrogens is 126 g/mol. The van der Waals surface area contributed by atoms with Crippen molar-refractivity contribution in [2.45, 2.75) is 6.42 Å². The van der Waals surface area contributed by atoms with Gasteiger partial charge in [-0.2, -0.15) is 0 Å². The second kappa shape index (κ2) is 3.22. The van der Waals surface area contributed by atoms with E-state index in [0.717, 1.165) is 11.3 Å². The van der Waals surface area contributed by atoms with Gasteiger partial charge in [-0.25, -0.2) is 5.11 Å². The molecule has 1 aromatic rings. The molecule has 0 heterocycles. The van der Waals surface area contributed by atoms with Gasteiger partial charge in [-0.1, -0.05) is 18.2 Å². The van der Waals surface area contributed by atoms with Crippen molar-refractivity contribution < 1.29 is 5.11 Å². The molecule has 0 atom stereocenters. The van der Waals surface area contributed by atoms with Crippen LogP contribution in [-0.2, 0) is 11.5 Å². The van der Waals surface area contributed by atoms with Crippen molar-refractivity contribution in [3.63, 3.8) is 0 Å². The van der Waals surface area contributed by atoms with Crippen LogP contribution in [0, 0.1) is 0 Å². The molecule has 10 heavy (non-hydrogen) atoms. The molecule has 1 radical (unpaired) electrons. The molecule has 0 aromatic heterocycles. The second-order valence-corrected chi connectivity index (χ2v) is 2.15. The maximum absolute atomic E-state index is 10.2.